The zero-order chi connectivity index (χ0) is 12.8. The molecule has 2 aromatic rings. The van der Waals surface area contributed by atoms with Gasteiger partial charge < -0.3 is 0 Å². The molecule has 2 aromatic carbocycles. The van der Waals surface area contributed by atoms with Crippen LogP contribution in [0.3, 0.4) is 0 Å². The highest BCUT2D eigenvalue weighted by Crippen LogP contribution is 2.04. The molecule has 0 aliphatic carbocycles. The molecular weight excluding hydrogens is 244 g/mol. The minimum absolute atomic E-state index is 0.465. The molecule has 0 unspecified atom stereocenters. The summed E-state index contributed by atoms with van der Waals surface area (Å²) in [6.45, 7) is 0. The zero-order valence-corrected chi connectivity index (χ0v) is 10.2. The standard InChI is InChI=1S/C15H9O2S/c16-11-14-5-3-12(4-6-14)1-2-13-7-9-15(18-17)10-8-13/h3-11H/q+1. The van der Waals surface area contributed by atoms with Crippen molar-refractivity contribution in [3.63, 3.8) is 0 Å². The van der Waals surface area contributed by atoms with Gasteiger partial charge in [-0.25, -0.2) is 0 Å². The van der Waals surface area contributed by atoms with Gasteiger partial charge in [0.2, 0.25) is 0 Å². The highest BCUT2D eigenvalue weighted by atomic mass is 32.1. The van der Waals surface area contributed by atoms with Gasteiger partial charge in [-0.05, 0) is 24.3 Å². The molecule has 0 atom stereocenters. The SMILES string of the molecule is O=Cc1ccc(C#Cc2ccc([S+]=O)cc2)cc1. The first-order valence-electron chi connectivity index (χ1n) is 5.29. The molecule has 0 aliphatic heterocycles. The van der Waals surface area contributed by atoms with E-state index in [2.05, 4.69) is 11.8 Å². The van der Waals surface area contributed by atoms with Crippen LogP contribution in [0.2, 0.25) is 0 Å². The molecule has 0 N–H and O–H groups in total. The Morgan fingerprint density at radius 3 is 1.78 bits per heavy atom. The highest BCUT2D eigenvalue weighted by molar-refractivity contribution is 7.65. The summed E-state index contributed by atoms with van der Waals surface area (Å²) < 4.78 is 10.5. The molecule has 0 heterocycles. The summed E-state index contributed by atoms with van der Waals surface area (Å²) in [4.78, 5) is 11.2. The molecule has 0 saturated carbocycles. The molecule has 0 fully saturated rings. The Kier molecular flexibility index (Phi) is 3.95. The van der Waals surface area contributed by atoms with Crippen LogP contribution in [0.4, 0.5) is 0 Å². The fourth-order valence-electron chi connectivity index (χ4n) is 1.38. The Morgan fingerprint density at radius 2 is 1.33 bits per heavy atom. The number of carbonyl (C=O) groups excluding carboxylic acids is 1. The van der Waals surface area contributed by atoms with Crippen LogP contribution in [0.15, 0.2) is 53.4 Å². The summed E-state index contributed by atoms with van der Waals surface area (Å²) in [6, 6.07) is 14.2. The molecule has 18 heavy (non-hydrogen) atoms. The first-order chi connectivity index (χ1) is 8.81. The summed E-state index contributed by atoms with van der Waals surface area (Å²) in [5.41, 5.74) is 2.34. The van der Waals surface area contributed by atoms with Crippen molar-refractivity contribution in [2.75, 3.05) is 0 Å². The zero-order valence-electron chi connectivity index (χ0n) is 9.42. The third kappa shape index (κ3) is 3.09. The van der Waals surface area contributed by atoms with Crippen LogP contribution < -0.4 is 0 Å². The maximum Gasteiger partial charge on any atom is 0.505 e. The first kappa shape index (κ1) is 12.2. The lowest BCUT2D eigenvalue weighted by molar-refractivity contribution is 0.112. The van der Waals surface area contributed by atoms with Gasteiger partial charge in [-0.3, -0.25) is 4.79 Å². The van der Waals surface area contributed by atoms with E-state index in [1.165, 1.54) is 0 Å². The van der Waals surface area contributed by atoms with Gasteiger partial charge in [-0.15, -0.1) is 0 Å². The minimum Gasteiger partial charge on any atom is -0.298 e. The first-order valence-corrected chi connectivity index (χ1v) is 6.03. The van der Waals surface area contributed by atoms with Gasteiger partial charge in [-0.1, -0.05) is 24.0 Å². The lowest BCUT2D eigenvalue weighted by Gasteiger charge is -1.91. The van der Waals surface area contributed by atoms with Crippen LogP contribution in [0.5, 0.6) is 0 Å². The van der Waals surface area contributed by atoms with Crippen molar-refractivity contribution in [1.82, 2.24) is 0 Å². The quantitative estimate of drug-likeness (QED) is 0.468. The van der Waals surface area contributed by atoms with Crippen LogP contribution in [0.25, 0.3) is 0 Å². The molecule has 0 saturated heterocycles. The van der Waals surface area contributed by atoms with Gasteiger partial charge in [0.15, 0.2) is 0 Å². The summed E-state index contributed by atoms with van der Waals surface area (Å²) in [5, 5.41) is 0. The monoisotopic (exact) mass is 253 g/mol. The van der Waals surface area contributed by atoms with Crippen LogP contribution in [0, 0.1) is 11.8 Å². The van der Waals surface area contributed by atoms with Crippen molar-refractivity contribution >= 4 is 18.0 Å². The van der Waals surface area contributed by atoms with Gasteiger partial charge >= 0.3 is 11.7 Å². The molecule has 0 aromatic heterocycles. The predicted octanol–water partition coefficient (Wildman–Crippen LogP) is 2.69. The average Bonchev–Trinajstić information content (AvgIpc) is 2.46. The third-order valence-electron chi connectivity index (χ3n) is 2.35. The topological polar surface area (TPSA) is 34.1 Å². The molecular formula is C15H9O2S+. The molecule has 86 valence electrons. The van der Waals surface area contributed by atoms with E-state index >= 15 is 0 Å². The Balaban J connectivity index is 2.19. The summed E-state index contributed by atoms with van der Waals surface area (Å²) >= 11 is 0.465. The molecule has 0 bridgehead atoms. The van der Waals surface area contributed by atoms with Crippen molar-refractivity contribution < 1.29 is 9.00 Å². The Labute approximate surface area is 109 Å². The number of rotatable bonds is 2. The van der Waals surface area contributed by atoms with E-state index in [0.29, 0.717) is 22.1 Å². The Morgan fingerprint density at radius 1 is 0.833 bits per heavy atom. The third-order valence-corrected chi connectivity index (χ3v) is 2.81. The van der Waals surface area contributed by atoms with E-state index in [1.807, 2.05) is 12.1 Å². The van der Waals surface area contributed by atoms with E-state index in [-0.39, 0.29) is 0 Å². The number of carbonyl (C=O) groups is 1. The van der Waals surface area contributed by atoms with Gasteiger partial charge in [0.05, 0.1) is 0 Å². The van der Waals surface area contributed by atoms with Gasteiger partial charge in [0.1, 0.15) is 6.29 Å². The number of aldehydes is 1. The molecule has 2 rings (SSSR count). The predicted molar refractivity (Wildman–Crippen MR) is 70.6 cm³/mol. The highest BCUT2D eigenvalue weighted by Gasteiger charge is 2.03. The molecule has 0 amide bonds. The summed E-state index contributed by atoms with van der Waals surface area (Å²) in [7, 11) is 0. The molecule has 3 heteroatoms. The van der Waals surface area contributed by atoms with Crippen LogP contribution in [0.1, 0.15) is 21.5 Å². The van der Waals surface area contributed by atoms with E-state index in [1.54, 1.807) is 36.4 Å². The maximum absolute atomic E-state index is 10.5. The van der Waals surface area contributed by atoms with Crippen LogP contribution >= 0.6 is 0 Å². The second-order valence-electron chi connectivity index (χ2n) is 3.60. The summed E-state index contributed by atoms with van der Waals surface area (Å²) in [5.74, 6) is 6.00. The number of benzene rings is 2. The second-order valence-corrected chi connectivity index (χ2v) is 4.24. The van der Waals surface area contributed by atoms with E-state index in [9.17, 15) is 9.00 Å². The van der Waals surface area contributed by atoms with Gasteiger partial charge in [0, 0.05) is 33.0 Å². The lowest BCUT2D eigenvalue weighted by atomic mass is 10.1. The minimum atomic E-state index is 0.465. The smallest absolute Gasteiger partial charge is 0.298 e. The van der Waals surface area contributed by atoms with Crippen LogP contribution in [-0.4, -0.2) is 6.29 Å². The Hall–Kier alpha value is -2.31. The van der Waals surface area contributed by atoms with Crippen molar-refractivity contribution in [2.24, 2.45) is 0 Å². The van der Waals surface area contributed by atoms with Crippen molar-refractivity contribution in [3.8, 4) is 11.8 Å². The molecule has 0 spiro atoms. The maximum atomic E-state index is 10.5. The largest absolute Gasteiger partial charge is 0.505 e. The second kappa shape index (κ2) is 5.85. The van der Waals surface area contributed by atoms with Crippen LogP contribution in [-0.2, 0) is 15.9 Å². The average molecular weight is 253 g/mol. The molecule has 0 radical (unpaired) electrons. The van der Waals surface area contributed by atoms with Crippen molar-refractivity contribution in [1.29, 1.82) is 0 Å². The van der Waals surface area contributed by atoms with E-state index in [4.69, 9.17) is 0 Å². The van der Waals surface area contributed by atoms with Crippen molar-refractivity contribution in [3.05, 3.63) is 65.2 Å². The summed E-state index contributed by atoms with van der Waals surface area (Å²) in [6.07, 6.45) is 0.802. The number of hydrogen-bond donors (Lipinski definition) is 0. The normalized spacial score (nSPS) is 9.11. The Bertz CT molecular complexity index is 561. The fraction of sp³-hybridized carbons (Fsp3) is 0. The number of hydrogen-bond acceptors (Lipinski definition) is 2. The van der Waals surface area contributed by atoms with E-state index < -0.39 is 0 Å². The van der Waals surface area contributed by atoms with E-state index in [0.717, 1.165) is 17.4 Å². The lowest BCUT2D eigenvalue weighted by Crippen LogP contribution is -1.80. The van der Waals surface area contributed by atoms with Gasteiger partial charge in [-0.2, -0.15) is 0 Å². The molecule has 0 aliphatic rings. The van der Waals surface area contributed by atoms with Crippen molar-refractivity contribution in [2.45, 2.75) is 4.90 Å². The fourth-order valence-corrected chi connectivity index (χ4v) is 1.63. The van der Waals surface area contributed by atoms with Gasteiger partial charge in [0.25, 0.3) is 4.90 Å². The molecule has 2 nitrogen and oxygen atoms in total.